The molecule has 0 radical (unpaired) electrons. The Kier molecular flexibility index (Phi) is 5.41. The molecule has 0 bridgehead atoms. The zero-order valence-electron chi connectivity index (χ0n) is 13.1. The summed E-state index contributed by atoms with van der Waals surface area (Å²) in [7, 11) is 0. The van der Waals surface area contributed by atoms with Crippen LogP contribution in [0.25, 0.3) is 0 Å². The molecule has 1 N–H and O–H groups in total. The minimum Gasteiger partial charge on any atom is -0.474 e. The van der Waals surface area contributed by atoms with E-state index in [1.807, 2.05) is 12.3 Å². The second-order valence-electron chi connectivity index (χ2n) is 6.66. The summed E-state index contributed by atoms with van der Waals surface area (Å²) in [5, 5.41) is 3.38. The Hall–Kier alpha value is -1.09. The molecule has 0 spiro atoms. The smallest absolute Gasteiger partial charge is 0.213 e. The Balaban J connectivity index is 1.79. The van der Waals surface area contributed by atoms with Crippen LogP contribution in [0.2, 0.25) is 0 Å². The van der Waals surface area contributed by atoms with Crippen LogP contribution >= 0.6 is 0 Å². The predicted octanol–water partition coefficient (Wildman–Crippen LogP) is 3.93. The molecular weight excluding hydrogens is 248 g/mol. The summed E-state index contributed by atoms with van der Waals surface area (Å²) < 4.78 is 6.00. The first-order valence-corrected chi connectivity index (χ1v) is 7.91. The molecular formula is C17H28N2O. The SMILES string of the molecule is CCCNCc1ccc(OC2CCC(C)(C)CC2)nc1. The maximum atomic E-state index is 6.00. The van der Waals surface area contributed by atoms with Crippen LogP contribution in [0.3, 0.4) is 0 Å². The number of nitrogens with zero attached hydrogens (tertiary/aromatic N) is 1. The highest BCUT2D eigenvalue weighted by molar-refractivity contribution is 5.18. The number of hydrogen-bond donors (Lipinski definition) is 1. The van der Waals surface area contributed by atoms with Crippen LogP contribution < -0.4 is 10.1 Å². The maximum Gasteiger partial charge on any atom is 0.213 e. The lowest BCUT2D eigenvalue weighted by Gasteiger charge is -2.34. The zero-order chi connectivity index (χ0) is 14.4. The molecule has 3 heteroatoms. The van der Waals surface area contributed by atoms with Crippen LogP contribution in [0.4, 0.5) is 0 Å². The van der Waals surface area contributed by atoms with Gasteiger partial charge in [0, 0.05) is 18.8 Å². The number of rotatable bonds is 6. The summed E-state index contributed by atoms with van der Waals surface area (Å²) in [6, 6.07) is 4.11. The number of ether oxygens (including phenoxy) is 1. The lowest BCUT2D eigenvalue weighted by molar-refractivity contribution is 0.0949. The second-order valence-corrected chi connectivity index (χ2v) is 6.66. The van der Waals surface area contributed by atoms with Gasteiger partial charge in [-0.1, -0.05) is 26.8 Å². The zero-order valence-corrected chi connectivity index (χ0v) is 13.1. The fourth-order valence-corrected chi connectivity index (χ4v) is 2.66. The molecule has 1 fully saturated rings. The summed E-state index contributed by atoms with van der Waals surface area (Å²) in [6.45, 7) is 8.81. The molecule has 1 aromatic heterocycles. The number of pyridine rings is 1. The highest BCUT2D eigenvalue weighted by Gasteiger charge is 2.27. The predicted molar refractivity (Wildman–Crippen MR) is 82.9 cm³/mol. The van der Waals surface area contributed by atoms with Gasteiger partial charge in [0.15, 0.2) is 0 Å². The molecule has 1 aromatic rings. The van der Waals surface area contributed by atoms with Gasteiger partial charge in [-0.2, -0.15) is 0 Å². The first kappa shape index (κ1) is 15.3. The normalized spacial score (nSPS) is 18.9. The molecule has 0 amide bonds. The average Bonchev–Trinajstić information content (AvgIpc) is 2.43. The standard InChI is InChI=1S/C17H28N2O/c1-4-11-18-12-14-5-6-16(19-13-14)20-15-7-9-17(2,3)10-8-15/h5-6,13,15,18H,4,7-12H2,1-3H3. The molecule has 0 unspecified atom stereocenters. The van der Waals surface area contributed by atoms with Crippen molar-refractivity contribution < 1.29 is 4.74 Å². The van der Waals surface area contributed by atoms with Gasteiger partial charge < -0.3 is 10.1 Å². The largest absolute Gasteiger partial charge is 0.474 e. The highest BCUT2D eigenvalue weighted by atomic mass is 16.5. The van der Waals surface area contributed by atoms with Crippen molar-refractivity contribution in [2.45, 2.75) is 65.5 Å². The summed E-state index contributed by atoms with van der Waals surface area (Å²) in [6.07, 6.45) is 8.22. The fraction of sp³-hybridized carbons (Fsp3) is 0.706. The first-order chi connectivity index (χ1) is 9.59. The summed E-state index contributed by atoms with van der Waals surface area (Å²) >= 11 is 0. The Morgan fingerprint density at radius 3 is 2.65 bits per heavy atom. The van der Waals surface area contributed by atoms with Crippen molar-refractivity contribution >= 4 is 0 Å². The van der Waals surface area contributed by atoms with Gasteiger partial charge >= 0.3 is 0 Å². The molecule has 2 rings (SSSR count). The van der Waals surface area contributed by atoms with Crippen molar-refractivity contribution in [1.29, 1.82) is 0 Å². The Morgan fingerprint density at radius 1 is 1.30 bits per heavy atom. The van der Waals surface area contributed by atoms with Crippen molar-refractivity contribution in [3.05, 3.63) is 23.9 Å². The summed E-state index contributed by atoms with van der Waals surface area (Å²) in [5.74, 6) is 0.772. The quantitative estimate of drug-likeness (QED) is 0.799. The molecule has 3 nitrogen and oxygen atoms in total. The van der Waals surface area contributed by atoms with Gasteiger partial charge in [-0.25, -0.2) is 4.98 Å². The summed E-state index contributed by atoms with van der Waals surface area (Å²) in [4.78, 5) is 4.43. The molecule has 1 heterocycles. The lowest BCUT2D eigenvalue weighted by Crippen LogP contribution is -2.28. The van der Waals surface area contributed by atoms with Gasteiger partial charge in [-0.3, -0.25) is 0 Å². The molecule has 1 aliphatic carbocycles. The molecule has 1 aliphatic rings. The van der Waals surface area contributed by atoms with Crippen molar-refractivity contribution in [2.75, 3.05) is 6.54 Å². The topological polar surface area (TPSA) is 34.1 Å². The van der Waals surface area contributed by atoms with Gasteiger partial charge in [0.2, 0.25) is 5.88 Å². The minimum atomic E-state index is 0.347. The minimum absolute atomic E-state index is 0.347. The van der Waals surface area contributed by atoms with Gasteiger partial charge in [0.25, 0.3) is 0 Å². The monoisotopic (exact) mass is 276 g/mol. The van der Waals surface area contributed by atoms with Crippen LogP contribution in [0.5, 0.6) is 5.88 Å². The molecule has 0 atom stereocenters. The van der Waals surface area contributed by atoms with E-state index in [1.165, 1.54) is 18.4 Å². The van der Waals surface area contributed by atoms with E-state index in [2.05, 4.69) is 37.1 Å². The molecule has 112 valence electrons. The number of hydrogen-bond acceptors (Lipinski definition) is 3. The number of aromatic nitrogens is 1. The van der Waals surface area contributed by atoms with Crippen LogP contribution in [-0.4, -0.2) is 17.6 Å². The van der Waals surface area contributed by atoms with E-state index in [4.69, 9.17) is 4.74 Å². The van der Waals surface area contributed by atoms with Crippen LogP contribution in [0.1, 0.15) is 58.4 Å². The van der Waals surface area contributed by atoms with E-state index >= 15 is 0 Å². The van der Waals surface area contributed by atoms with Crippen LogP contribution in [-0.2, 0) is 6.54 Å². The lowest BCUT2D eigenvalue weighted by atomic mass is 9.76. The average molecular weight is 276 g/mol. The maximum absolute atomic E-state index is 6.00. The van der Waals surface area contributed by atoms with Crippen molar-refractivity contribution in [2.24, 2.45) is 5.41 Å². The van der Waals surface area contributed by atoms with E-state index in [0.29, 0.717) is 11.5 Å². The Morgan fingerprint density at radius 2 is 2.05 bits per heavy atom. The van der Waals surface area contributed by atoms with Crippen LogP contribution in [0.15, 0.2) is 18.3 Å². The van der Waals surface area contributed by atoms with Gasteiger partial charge in [-0.05, 0) is 49.6 Å². The van der Waals surface area contributed by atoms with Crippen molar-refractivity contribution in [3.8, 4) is 5.88 Å². The summed E-state index contributed by atoms with van der Waals surface area (Å²) in [5.41, 5.74) is 1.71. The number of nitrogens with one attached hydrogen (secondary N) is 1. The Bertz CT molecular complexity index is 390. The van der Waals surface area contributed by atoms with Gasteiger partial charge in [-0.15, -0.1) is 0 Å². The van der Waals surface area contributed by atoms with Crippen molar-refractivity contribution in [1.82, 2.24) is 10.3 Å². The Labute approximate surface area is 123 Å². The van der Waals surface area contributed by atoms with Crippen LogP contribution in [0, 0.1) is 5.41 Å². The first-order valence-electron chi connectivity index (χ1n) is 7.91. The molecule has 1 saturated carbocycles. The second kappa shape index (κ2) is 7.07. The third-order valence-electron chi connectivity index (χ3n) is 4.13. The van der Waals surface area contributed by atoms with E-state index in [1.54, 1.807) is 0 Å². The van der Waals surface area contributed by atoms with E-state index in [-0.39, 0.29) is 0 Å². The van der Waals surface area contributed by atoms with Gasteiger partial charge in [0.05, 0.1) is 0 Å². The molecule has 0 aromatic carbocycles. The third kappa shape index (κ3) is 4.78. The van der Waals surface area contributed by atoms with E-state index in [9.17, 15) is 0 Å². The van der Waals surface area contributed by atoms with E-state index < -0.39 is 0 Å². The van der Waals surface area contributed by atoms with Crippen molar-refractivity contribution in [3.63, 3.8) is 0 Å². The molecule has 0 aliphatic heterocycles. The molecule has 20 heavy (non-hydrogen) atoms. The van der Waals surface area contributed by atoms with Gasteiger partial charge in [0.1, 0.15) is 6.10 Å². The highest BCUT2D eigenvalue weighted by Crippen LogP contribution is 2.36. The third-order valence-corrected chi connectivity index (χ3v) is 4.13. The van der Waals surface area contributed by atoms with E-state index in [0.717, 1.165) is 38.2 Å². The fourth-order valence-electron chi connectivity index (χ4n) is 2.66. The molecule has 0 saturated heterocycles.